The van der Waals surface area contributed by atoms with Gasteiger partial charge in [0.25, 0.3) is 11.8 Å². The van der Waals surface area contributed by atoms with Crippen LogP contribution in [-0.4, -0.2) is 92.8 Å². The average Bonchev–Trinajstić information content (AvgIpc) is 2.68. The third kappa shape index (κ3) is 6.34. The summed E-state index contributed by atoms with van der Waals surface area (Å²) in [5, 5.41) is 13.0. The van der Waals surface area contributed by atoms with Gasteiger partial charge in [-0.1, -0.05) is 12.1 Å². The second-order valence-corrected chi connectivity index (χ2v) is 9.51. The van der Waals surface area contributed by atoms with Gasteiger partial charge in [0.2, 0.25) is 0 Å². The lowest BCUT2D eigenvalue weighted by molar-refractivity contribution is -0.898. The minimum absolute atomic E-state index is 0.0732. The zero-order chi connectivity index (χ0) is 21.7. The number of amides is 2. The Morgan fingerprint density at radius 1 is 0.967 bits per heavy atom. The third-order valence-corrected chi connectivity index (χ3v) is 5.84. The van der Waals surface area contributed by atoms with Crippen molar-refractivity contribution in [2.24, 2.45) is 0 Å². The van der Waals surface area contributed by atoms with Gasteiger partial charge in [0, 0.05) is 5.54 Å². The molecular formula is C22H37N5O3+2. The fraction of sp³-hybridized carbons (Fsp3) is 0.636. The summed E-state index contributed by atoms with van der Waals surface area (Å²) in [4.78, 5) is 31.5. The van der Waals surface area contributed by atoms with Gasteiger partial charge in [-0.2, -0.15) is 0 Å². The number of hydrogen-bond acceptors (Lipinski definition) is 4. The van der Waals surface area contributed by atoms with Crippen LogP contribution in [0.15, 0.2) is 24.3 Å². The number of rotatable bonds is 5. The standard InChI is InChI=1S/C22H35N5O3/c1-22(2,3)23-20(29)16-24-10-14-27(15-11-24)21(30)17-25-8-12-26(13-9-25)18-6-4-5-7-19(18)28/h4-7,28H,8-17H2,1-3H3,(H,23,29)/p+2. The molecule has 166 valence electrons. The van der Waals surface area contributed by atoms with Gasteiger partial charge in [0.1, 0.15) is 5.75 Å². The van der Waals surface area contributed by atoms with Crippen molar-refractivity contribution < 1.29 is 24.5 Å². The highest BCUT2D eigenvalue weighted by molar-refractivity contribution is 5.78. The smallest absolute Gasteiger partial charge is 0.278 e. The van der Waals surface area contributed by atoms with E-state index < -0.39 is 0 Å². The molecule has 0 bridgehead atoms. The van der Waals surface area contributed by atoms with Crippen LogP contribution in [0.5, 0.6) is 5.75 Å². The topological polar surface area (TPSA) is 81.8 Å². The average molecular weight is 420 g/mol. The summed E-state index contributed by atoms with van der Waals surface area (Å²) in [6.45, 7) is 13.5. The molecule has 0 unspecified atom stereocenters. The fourth-order valence-corrected chi connectivity index (χ4v) is 4.24. The van der Waals surface area contributed by atoms with Crippen molar-refractivity contribution in [3.8, 4) is 5.75 Å². The number of nitrogens with zero attached hydrogens (tertiary/aromatic N) is 2. The van der Waals surface area contributed by atoms with Gasteiger partial charge in [-0.3, -0.25) is 9.59 Å². The number of nitrogens with one attached hydrogen (secondary N) is 3. The third-order valence-electron chi connectivity index (χ3n) is 5.84. The highest BCUT2D eigenvalue weighted by atomic mass is 16.3. The van der Waals surface area contributed by atoms with Crippen LogP contribution in [0, 0.1) is 0 Å². The van der Waals surface area contributed by atoms with Gasteiger partial charge < -0.3 is 30.0 Å². The first-order valence-corrected chi connectivity index (χ1v) is 11.0. The lowest BCUT2D eigenvalue weighted by atomic mass is 10.1. The summed E-state index contributed by atoms with van der Waals surface area (Å²) >= 11 is 0. The SMILES string of the molecule is CC(C)(C)NC(=O)C[NH+]1CCN(C(=O)C[NH+]2CCN(c3ccccc3O)CC2)CC1. The summed E-state index contributed by atoms with van der Waals surface area (Å²) in [6.07, 6.45) is 0. The molecule has 0 saturated carbocycles. The second kappa shape index (κ2) is 9.66. The number of para-hydroxylation sites is 2. The Balaban J connectivity index is 1.38. The molecule has 1 aromatic rings. The minimum atomic E-state index is -0.208. The van der Waals surface area contributed by atoms with Crippen molar-refractivity contribution in [2.75, 3.05) is 70.3 Å². The molecule has 3 rings (SSSR count). The lowest BCUT2D eigenvalue weighted by Crippen LogP contribution is -3.17. The fourth-order valence-electron chi connectivity index (χ4n) is 4.24. The maximum Gasteiger partial charge on any atom is 0.278 e. The highest BCUT2D eigenvalue weighted by Gasteiger charge is 2.30. The molecule has 0 atom stereocenters. The monoisotopic (exact) mass is 419 g/mol. The van der Waals surface area contributed by atoms with Gasteiger partial charge in [-0.05, 0) is 32.9 Å². The van der Waals surface area contributed by atoms with E-state index in [0.29, 0.717) is 31.9 Å². The molecule has 2 aliphatic heterocycles. The molecule has 0 spiro atoms. The van der Waals surface area contributed by atoms with Gasteiger partial charge >= 0.3 is 0 Å². The van der Waals surface area contributed by atoms with E-state index in [-0.39, 0.29) is 17.4 Å². The number of phenols is 1. The Labute approximate surface area is 179 Å². The molecule has 0 aliphatic carbocycles. The Morgan fingerprint density at radius 3 is 2.13 bits per heavy atom. The predicted molar refractivity (Wildman–Crippen MR) is 116 cm³/mol. The van der Waals surface area contributed by atoms with E-state index in [2.05, 4.69) is 10.2 Å². The maximum atomic E-state index is 12.8. The van der Waals surface area contributed by atoms with Crippen molar-refractivity contribution in [3.05, 3.63) is 24.3 Å². The summed E-state index contributed by atoms with van der Waals surface area (Å²) in [5.74, 6) is 0.594. The van der Waals surface area contributed by atoms with Crippen LogP contribution >= 0.6 is 0 Å². The minimum Gasteiger partial charge on any atom is -0.506 e. The molecule has 4 N–H and O–H groups in total. The van der Waals surface area contributed by atoms with Crippen molar-refractivity contribution in [2.45, 2.75) is 26.3 Å². The van der Waals surface area contributed by atoms with Gasteiger partial charge in [-0.25, -0.2) is 0 Å². The largest absolute Gasteiger partial charge is 0.506 e. The number of carbonyl (C=O) groups excluding carboxylic acids is 2. The summed E-state index contributed by atoms with van der Waals surface area (Å²) in [5.41, 5.74) is 0.665. The molecule has 30 heavy (non-hydrogen) atoms. The van der Waals surface area contributed by atoms with E-state index in [9.17, 15) is 14.7 Å². The number of carbonyl (C=O) groups is 2. The molecule has 1 aromatic carbocycles. The van der Waals surface area contributed by atoms with Crippen molar-refractivity contribution in [3.63, 3.8) is 0 Å². The quantitative estimate of drug-likeness (QED) is 0.434. The van der Waals surface area contributed by atoms with Crippen molar-refractivity contribution in [1.82, 2.24) is 10.2 Å². The molecule has 2 aliphatic rings. The van der Waals surface area contributed by atoms with Crippen LogP contribution in [0.4, 0.5) is 5.69 Å². The molecular weight excluding hydrogens is 382 g/mol. The predicted octanol–water partition coefficient (Wildman–Crippen LogP) is -2.26. The Bertz CT molecular complexity index is 733. The zero-order valence-electron chi connectivity index (χ0n) is 18.5. The summed E-state index contributed by atoms with van der Waals surface area (Å²) in [6, 6.07) is 7.42. The molecule has 2 saturated heterocycles. The number of benzene rings is 1. The van der Waals surface area contributed by atoms with Gasteiger partial charge in [-0.15, -0.1) is 0 Å². The normalized spacial score (nSPS) is 19.0. The number of aromatic hydroxyl groups is 1. The maximum absolute atomic E-state index is 12.8. The van der Waals surface area contributed by atoms with Crippen LogP contribution in [0.1, 0.15) is 20.8 Å². The number of anilines is 1. The number of piperazine rings is 2. The van der Waals surface area contributed by atoms with E-state index in [4.69, 9.17) is 0 Å². The number of phenolic OH excluding ortho intramolecular Hbond substituents is 1. The molecule has 8 nitrogen and oxygen atoms in total. The molecule has 2 heterocycles. The summed E-state index contributed by atoms with van der Waals surface area (Å²) in [7, 11) is 0. The van der Waals surface area contributed by atoms with E-state index in [1.165, 1.54) is 9.80 Å². The Morgan fingerprint density at radius 2 is 1.53 bits per heavy atom. The summed E-state index contributed by atoms with van der Waals surface area (Å²) < 4.78 is 0. The van der Waals surface area contributed by atoms with Crippen molar-refractivity contribution >= 4 is 17.5 Å². The lowest BCUT2D eigenvalue weighted by Gasteiger charge is -2.36. The van der Waals surface area contributed by atoms with Crippen LogP contribution < -0.4 is 20.0 Å². The van der Waals surface area contributed by atoms with Crippen molar-refractivity contribution in [1.29, 1.82) is 0 Å². The van der Waals surface area contributed by atoms with E-state index >= 15 is 0 Å². The number of hydrogen-bond donors (Lipinski definition) is 4. The van der Waals surface area contributed by atoms with Gasteiger partial charge in [0.15, 0.2) is 13.1 Å². The Kier molecular flexibility index (Phi) is 7.20. The first-order chi connectivity index (χ1) is 14.2. The molecule has 8 heteroatoms. The first-order valence-electron chi connectivity index (χ1n) is 11.0. The van der Waals surface area contributed by atoms with Crippen LogP contribution in [0.25, 0.3) is 0 Å². The van der Waals surface area contributed by atoms with Crippen LogP contribution in [0.3, 0.4) is 0 Å². The molecule has 2 amide bonds. The van der Waals surface area contributed by atoms with Crippen LogP contribution in [-0.2, 0) is 9.59 Å². The first kappa shape index (κ1) is 22.4. The zero-order valence-corrected chi connectivity index (χ0v) is 18.5. The van der Waals surface area contributed by atoms with Crippen LogP contribution in [0.2, 0.25) is 0 Å². The second-order valence-electron chi connectivity index (χ2n) is 9.51. The molecule has 0 radical (unpaired) electrons. The highest BCUT2D eigenvalue weighted by Crippen LogP contribution is 2.25. The van der Waals surface area contributed by atoms with Gasteiger partial charge in [0.05, 0.1) is 58.0 Å². The van der Waals surface area contributed by atoms with E-state index in [0.717, 1.165) is 45.0 Å². The Hall–Kier alpha value is -2.32. The molecule has 2 fully saturated rings. The van der Waals surface area contributed by atoms with E-state index in [1.807, 2.05) is 43.9 Å². The van der Waals surface area contributed by atoms with E-state index in [1.54, 1.807) is 6.07 Å². The number of quaternary nitrogens is 2. The molecule has 0 aromatic heterocycles.